The van der Waals surface area contributed by atoms with Crippen LogP contribution in [0.15, 0.2) is 24.3 Å². The molecule has 0 unspecified atom stereocenters. The van der Waals surface area contributed by atoms with Crippen LogP contribution in [0.25, 0.3) is 0 Å². The van der Waals surface area contributed by atoms with Gasteiger partial charge in [0.2, 0.25) is 18.7 Å². The Bertz CT molecular complexity index is 547. The van der Waals surface area contributed by atoms with Crippen molar-refractivity contribution in [2.24, 2.45) is 0 Å². The molecule has 0 aliphatic heterocycles. The van der Waals surface area contributed by atoms with Crippen molar-refractivity contribution in [2.45, 2.75) is 64.8 Å². The molecular weight excluding hydrogens is 361 g/mol. The van der Waals surface area contributed by atoms with Crippen molar-refractivity contribution in [3.63, 3.8) is 0 Å². The van der Waals surface area contributed by atoms with E-state index in [0.29, 0.717) is 24.8 Å². The van der Waals surface area contributed by atoms with Crippen molar-refractivity contribution >= 4 is 18.7 Å². The number of carbonyl (C=O) groups excluding carboxylic acids is 3. The molecule has 1 aromatic carbocycles. The van der Waals surface area contributed by atoms with Crippen LogP contribution in [0.2, 0.25) is 0 Å². The second-order valence-electron chi connectivity index (χ2n) is 5.86. The number of benzene rings is 1. The maximum Gasteiger partial charge on any atom is 0.219 e. The van der Waals surface area contributed by atoms with E-state index in [1.165, 1.54) is 6.07 Å². The summed E-state index contributed by atoms with van der Waals surface area (Å²) in [4.78, 5) is 30.0. The van der Waals surface area contributed by atoms with E-state index in [1.54, 1.807) is 26.2 Å². The van der Waals surface area contributed by atoms with Crippen molar-refractivity contribution < 1.29 is 18.8 Å². The fourth-order valence-electron chi connectivity index (χ4n) is 2.78. The van der Waals surface area contributed by atoms with Crippen molar-refractivity contribution in [2.75, 3.05) is 14.1 Å². The van der Waals surface area contributed by atoms with E-state index in [9.17, 15) is 14.0 Å². The fraction of sp³-hybridized carbons (Fsp3) is 0.571. The van der Waals surface area contributed by atoms with Gasteiger partial charge in [-0.2, -0.15) is 0 Å². The summed E-state index contributed by atoms with van der Waals surface area (Å²) in [6, 6.07) is 6.69. The van der Waals surface area contributed by atoms with E-state index in [2.05, 4.69) is 16.0 Å². The minimum atomic E-state index is -0.465. The molecule has 0 bridgehead atoms. The summed E-state index contributed by atoms with van der Waals surface area (Å²) in [5, 5.41) is 7.57. The summed E-state index contributed by atoms with van der Waals surface area (Å²) in [6.45, 7) is 5.98. The van der Waals surface area contributed by atoms with Crippen molar-refractivity contribution in [3.8, 4) is 0 Å². The lowest BCUT2D eigenvalue weighted by atomic mass is 9.88. The Morgan fingerprint density at radius 2 is 1.64 bits per heavy atom. The molecule has 1 aliphatic carbocycles. The van der Waals surface area contributed by atoms with E-state index in [1.807, 2.05) is 26.8 Å². The molecule has 28 heavy (non-hydrogen) atoms. The normalized spacial score (nSPS) is 13.1. The molecule has 0 radical (unpaired) electrons. The molecule has 0 atom stereocenters. The molecule has 0 aromatic heterocycles. The van der Waals surface area contributed by atoms with Gasteiger partial charge in [-0.15, -0.1) is 0 Å². The van der Waals surface area contributed by atoms with Crippen molar-refractivity contribution in [3.05, 3.63) is 35.6 Å². The Kier molecular flexibility index (Phi) is 17.8. The van der Waals surface area contributed by atoms with Gasteiger partial charge in [-0.25, -0.2) is 4.39 Å². The van der Waals surface area contributed by atoms with E-state index in [-0.39, 0.29) is 11.7 Å². The number of amides is 3. The third kappa shape index (κ3) is 10.6. The van der Waals surface area contributed by atoms with Gasteiger partial charge in [-0.3, -0.25) is 14.4 Å². The van der Waals surface area contributed by atoms with Crippen LogP contribution in [0, 0.1) is 5.82 Å². The Morgan fingerprint density at radius 1 is 1.11 bits per heavy atom. The number of hydrogen-bond donors (Lipinski definition) is 3. The molecule has 3 N–H and O–H groups in total. The number of halogens is 1. The summed E-state index contributed by atoms with van der Waals surface area (Å²) in [5.41, 5.74) is 0.155. The maximum atomic E-state index is 13.7. The molecule has 1 saturated carbocycles. The average molecular weight is 398 g/mol. The smallest absolute Gasteiger partial charge is 0.219 e. The number of carbonyl (C=O) groups is 3. The van der Waals surface area contributed by atoms with Gasteiger partial charge in [0, 0.05) is 26.1 Å². The Labute approximate surface area is 168 Å². The Balaban J connectivity index is 0. The molecule has 6 nitrogen and oxygen atoms in total. The molecular formula is C21H36FN3O3. The standard InChI is InChI=1S/C12H14FNO.C5H11NO.C2H5NO.C2H6/c13-11-6-2-1-5-10(11)12(14-9-15)7-3-4-8-12;1-3-4-5(7)6-2;1-3-2-4;1-2/h1-2,5-6,9H,3-4,7-8H2,(H,14,15);3-4H2,1-2H3,(H,6,7);2H,1H3,(H,3,4);1-2H3. The van der Waals surface area contributed by atoms with E-state index in [0.717, 1.165) is 32.1 Å². The van der Waals surface area contributed by atoms with Crippen LogP contribution in [-0.4, -0.2) is 32.8 Å². The molecule has 160 valence electrons. The lowest BCUT2D eigenvalue weighted by Crippen LogP contribution is -2.39. The number of hydrogen-bond acceptors (Lipinski definition) is 3. The molecule has 0 spiro atoms. The van der Waals surface area contributed by atoms with Gasteiger partial charge >= 0.3 is 0 Å². The second kappa shape index (κ2) is 17.9. The largest absolute Gasteiger partial charge is 0.362 e. The first-order valence-electron chi connectivity index (χ1n) is 9.79. The third-order valence-corrected chi connectivity index (χ3v) is 4.06. The van der Waals surface area contributed by atoms with Gasteiger partial charge in [-0.1, -0.05) is 51.8 Å². The monoisotopic (exact) mass is 397 g/mol. The molecule has 3 amide bonds. The SMILES string of the molecule is CC.CCCC(=O)NC.CNC=O.O=CNC1(c2ccccc2F)CCCC1. The fourth-order valence-corrected chi connectivity index (χ4v) is 2.78. The minimum Gasteiger partial charge on any atom is -0.362 e. The summed E-state index contributed by atoms with van der Waals surface area (Å²) in [5.74, 6) is -0.101. The summed E-state index contributed by atoms with van der Waals surface area (Å²) >= 11 is 0. The molecule has 0 heterocycles. The lowest BCUT2D eigenvalue weighted by Gasteiger charge is -2.29. The zero-order chi connectivity index (χ0) is 21.8. The average Bonchev–Trinajstić information content (AvgIpc) is 3.20. The maximum absolute atomic E-state index is 13.7. The summed E-state index contributed by atoms with van der Waals surface area (Å²) in [7, 11) is 3.21. The first kappa shape index (κ1) is 27.8. The molecule has 1 fully saturated rings. The van der Waals surface area contributed by atoms with Crippen molar-refractivity contribution in [1.82, 2.24) is 16.0 Å². The topological polar surface area (TPSA) is 87.3 Å². The van der Waals surface area contributed by atoms with Crippen LogP contribution in [0.5, 0.6) is 0 Å². The molecule has 1 aliphatic rings. The van der Waals surface area contributed by atoms with Crippen LogP contribution >= 0.6 is 0 Å². The van der Waals surface area contributed by atoms with E-state index < -0.39 is 5.54 Å². The van der Waals surface area contributed by atoms with Gasteiger partial charge < -0.3 is 16.0 Å². The van der Waals surface area contributed by atoms with Gasteiger partial charge in [0.25, 0.3) is 0 Å². The summed E-state index contributed by atoms with van der Waals surface area (Å²) < 4.78 is 13.7. The van der Waals surface area contributed by atoms with Crippen LogP contribution in [0.1, 0.15) is 64.9 Å². The molecule has 1 aromatic rings. The third-order valence-electron chi connectivity index (χ3n) is 4.06. The second-order valence-corrected chi connectivity index (χ2v) is 5.86. The number of nitrogens with one attached hydrogen (secondary N) is 3. The lowest BCUT2D eigenvalue weighted by molar-refractivity contribution is -0.120. The minimum absolute atomic E-state index is 0.127. The van der Waals surface area contributed by atoms with Crippen LogP contribution in [0.3, 0.4) is 0 Å². The predicted octanol–water partition coefficient (Wildman–Crippen LogP) is 3.26. The highest BCUT2D eigenvalue weighted by molar-refractivity contribution is 5.75. The van der Waals surface area contributed by atoms with Crippen LogP contribution in [-0.2, 0) is 19.9 Å². The first-order chi connectivity index (χ1) is 13.5. The Hall–Kier alpha value is -2.44. The van der Waals surface area contributed by atoms with Gasteiger partial charge in [0.15, 0.2) is 0 Å². The van der Waals surface area contributed by atoms with Gasteiger partial charge in [0.05, 0.1) is 5.54 Å². The zero-order valence-electron chi connectivity index (χ0n) is 17.8. The Morgan fingerprint density at radius 3 is 2.00 bits per heavy atom. The van der Waals surface area contributed by atoms with Gasteiger partial charge in [0.1, 0.15) is 5.82 Å². The highest BCUT2D eigenvalue weighted by Crippen LogP contribution is 2.39. The van der Waals surface area contributed by atoms with Crippen LogP contribution < -0.4 is 16.0 Å². The molecule has 2 rings (SSSR count). The molecule has 0 saturated heterocycles. The van der Waals surface area contributed by atoms with Crippen LogP contribution in [0.4, 0.5) is 4.39 Å². The van der Waals surface area contributed by atoms with E-state index >= 15 is 0 Å². The van der Waals surface area contributed by atoms with Crippen molar-refractivity contribution in [1.29, 1.82) is 0 Å². The van der Waals surface area contributed by atoms with Gasteiger partial charge in [-0.05, 0) is 25.3 Å². The predicted molar refractivity (Wildman–Crippen MR) is 111 cm³/mol. The highest BCUT2D eigenvalue weighted by atomic mass is 19.1. The summed E-state index contributed by atoms with van der Waals surface area (Å²) in [6.07, 6.45) is 6.61. The van der Waals surface area contributed by atoms with E-state index in [4.69, 9.17) is 4.79 Å². The highest BCUT2D eigenvalue weighted by Gasteiger charge is 2.36. The zero-order valence-corrected chi connectivity index (χ0v) is 17.8. The molecule has 7 heteroatoms. The number of rotatable bonds is 6. The quantitative estimate of drug-likeness (QED) is 0.644. The first-order valence-corrected chi connectivity index (χ1v) is 9.79.